The van der Waals surface area contributed by atoms with E-state index in [1.807, 2.05) is 30.3 Å². The van der Waals surface area contributed by atoms with Crippen molar-refractivity contribution in [2.75, 3.05) is 12.4 Å². The maximum atomic E-state index is 12.4. The molecule has 0 fully saturated rings. The first-order chi connectivity index (χ1) is 12.1. The van der Waals surface area contributed by atoms with Gasteiger partial charge < -0.3 is 10.1 Å². The number of Topliss-reactive ketones (excluding diaryl/α,β-unsaturated/α-hetero) is 1. The van der Waals surface area contributed by atoms with Crippen molar-refractivity contribution in [2.24, 2.45) is 0 Å². The van der Waals surface area contributed by atoms with Crippen molar-refractivity contribution in [3.63, 3.8) is 0 Å². The quantitative estimate of drug-likeness (QED) is 0.724. The van der Waals surface area contributed by atoms with E-state index < -0.39 is 0 Å². The van der Waals surface area contributed by atoms with Crippen molar-refractivity contribution in [3.05, 3.63) is 65.9 Å². The van der Waals surface area contributed by atoms with Gasteiger partial charge in [0.25, 0.3) is 0 Å². The fraction of sp³-hybridized carbons (Fsp3) is 0.150. The second-order valence-corrected chi connectivity index (χ2v) is 5.72. The van der Waals surface area contributed by atoms with Gasteiger partial charge in [-0.2, -0.15) is 0 Å². The molecule has 5 nitrogen and oxygen atoms in total. The third-order valence-corrected chi connectivity index (χ3v) is 3.91. The van der Waals surface area contributed by atoms with Crippen LogP contribution in [0.4, 0.5) is 5.69 Å². The highest BCUT2D eigenvalue weighted by molar-refractivity contribution is 5.96. The molecule has 0 saturated carbocycles. The number of fused-ring (bicyclic) bond motifs is 1. The summed E-state index contributed by atoms with van der Waals surface area (Å²) in [6.45, 7) is 1.49. The molecule has 126 valence electrons. The number of hydrogen-bond acceptors (Lipinski definition) is 4. The molecule has 0 radical (unpaired) electrons. The molecule has 3 rings (SSSR count). The Labute approximate surface area is 145 Å². The summed E-state index contributed by atoms with van der Waals surface area (Å²) in [7, 11) is 1.54. The maximum absolute atomic E-state index is 12.4. The highest BCUT2D eigenvalue weighted by Gasteiger charge is 2.12. The molecular formula is C20H18N2O3. The highest BCUT2D eigenvalue weighted by atomic mass is 16.5. The van der Waals surface area contributed by atoms with Gasteiger partial charge in [-0.05, 0) is 37.3 Å². The van der Waals surface area contributed by atoms with Crippen molar-refractivity contribution in [2.45, 2.75) is 13.3 Å². The average molecular weight is 334 g/mol. The number of methoxy groups -OCH3 is 1. The predicted molar refractivity (Wildman–Crippen MR) is 97.1 cm³/mol. The van der Waals surface area contributed by atoms with Crippen LogP contribution < -0.4 is 10.1 Å². The summed E-state index contributed by atoms with van der Waals surface area (Å²) in [5.74, 6) is 0.330. The molecule has 0 bridgehead atoms. The molecule has 1 N–H and O–H groups in total. The standard InChI is InChI=1S/C20H18N2O3/c1-13(23)14-7-8-19(25-2)16(9-14)11-20(24)22-17-10-15-5-3-4-6-18(15)21-12-17/h3-10,12H,11H2,1-2H3,(H,22,24). The molecule has 0 aliphatic heterocycles. The number of amides is 1. The van der Waals surface area contributed by atoms with E-state index in [1.54, 1.807) is 24.4 Å². The average Bonchev–Trinajstić information content (AvgIpc) is 2.61. The molecule has 25 heavy (non-hydrogen) atoms. The number of hydrogen-bond donors (Lipinski definition) is 1. The van der Waals surface area contributed by atoms with E-state index in [-0.39, 0.29) is 18.1 Å². The molecule has 0 spiro atoms. The van der Waals surface area contributed by atoms with Gasteiger partial charge in [0, 0.05) is 16.5 Å². The van der Waals surface area contributed by atoms with Crippen LogP contribution in [-0.4, -0.2) is 23.8 Å². The van der Waals surface area contributed by atoms with Crippen LogP contribution in [0.15, 0.2) is 54.7 Å². The zero-order chi connectivity index (χ0) is 17.8. The second kappa shape index (κ2) is 7.13. The zero-order valence-electron chi connectivity index (χ0n) is 14.1. The van der Waals surface area contributed by atoms with Crippen LogP contribution in [0.25, 0.3) is 10.9 Å². The Morgan fingerprint density at radius 1 is 1.12 bits per heavy atom. The Morgan fingerprint density at radius 2 is 1.92 bits per heavy atom. The molecule has 2 aromatic carbocycles. The molecule has 0 saturated heterocycles. The molecule has 0 aliphatic rings. The lowest BCUT2D eigenvalue weighted by atomic mass is 10.0. The van der Waals surface area contributed by atoms with Crippen LogP contribution in [0.2, 0.25) is 0 Å². The Kier molecular flexibility index (Phi) is 4.75. The lowest BCUT2D eigenvalue weighted by Crippen LogP contribution is -2.15. The summed E-state index contributed by atoms with van der Waals surface area (Å²) in [4.78, 5) is 28.3. The smallest absolute Gasteiger partial charge is 0.228 e. The van der Waals surface area contributed by atoms with E-state index in [1.165, 1.54) is 14.0 Å². The number of ketones is 1. The first kappa shape index (κ1) is 16.6. The van der Waals surface area contributed by atoms with Crippen LogP contribution in [0, 0.1) is 0 Å². The summed E-state index contributed by atoms with van der Waals surface area (Å²) in [6.07, 6.45) is 1.74. The van der Waals surface area contributed by atoms with Crippen molar-refractivity contribution in [1.29, 1.82) is 0 Å². The number of ether oxygens (including phenoxy) is 1. The zero-order valence-corrected chi connectivity index (χ0v) is 14.1. The Hall–Kier alpha value is -3.21. The van der Waals surface area contributed by atoms with Gasteiger partial charge in [-0.3, -0.25) is 14.6 Å². The van der Waals surface area contributed by atoms with Gasteiger partial charge >= 0.3 is 0 Å². The topological polar surface area (TPSA) is 68.3 Å². The highest BCUT2D eigenvalue weighted by Crippen LogP contribution is 2.22. The third-order valence-electron chi connectivity index (χ3n) is 3.91. The third kappa shape index (κ3) is 3.83. The first-order valence-electron chi connectivity index (χ1n) is 7.89. The molecule has 5 heteroatoms. The molecule has 0 unspecified atom stereocenters. The number of anilines is 1. The summed E-state index contributed by atoms with van der Waals surface area (Å²) in [5.41, 5.74) is 2.72. The van der Waals surface area contributed by atoms with Crippen LogP contribution in [0.1, 0.15) is 22.8 Å². The minimum absolute atomic E-state index is 0.0527. The number of benzene rings is 2. The fourth-order valence-electron chi connectivity index (χ4n) is 2.65. The van der Waals surface area contributed by atoms with Gasteiger partial charge in [-0.25, -0.2) is 0 Å². The number of carbonyl (C=O) groups excluding carboxylic acids is 2. The Balaban J connectivity index is 1.79. The van der Waals surface area contributed by atoms with E-state index in [9.17, 15) is 9.59 Å². The fourth-order valence-corrected chi connectivity index (χ4v) is 2.65. The number of para-hydroxylation sites is 1. The van der Waals surface area contributed by atoms with E-state index in [2.05, 4.69) is 10.3 Å². The van der Waals surface area contributed by atoms with Crippen molar-refractivity contribution in [1.82, 2.24) is 4.98 Å². The van der Waals surface area contributed by atoms with Crippen molar-refractivity contribution < 1.29 is 14.3 Å². The Bertz CT molecular complexity index is 951. The van der Waals surface area contributed by atoms with Crippen LogP contribution in [0.3, 0.4) is 0 Å². The van der Waals surface area contributed by atoms with Crippen molar-refractivity contribution in [3.8, 4) is 5.75 Å². The number of aromatic nitrogens is 1. The molecule has 1 heterocycles. The molecule has 1 aromatic heterocycles. The lowest BCUT2D eigenvalue weighted by Gasteiger charge is -2.10. The summed E-state index contributed by atoms with van der Waals surface area (Å²) >= 11 is 0. The van der Waals surface area contributed by atoms with Crippen molar-refractivity contribution >= 4 is 28.3 Å². The van der Waals surface area contributed by atoms with Gasteiger partial charge in [0.1, 0.15) is 5.75 Å². The van der Waals surface area contributed by atoms with Gasteiger partial charge in [0.05, 0.1) is 30.9 Å². The number of carbonyl (C=O) groups is 2. The number of nitrogens with zero attached hydrogens (tertiary/aromatic N) is 1. The molecule has 0 atom stereocenters. The molecule has 1 amide bonds. The minimum Gasteiger partial charge on any atom is -0.496 e. The second-order valence-electron chi connectivity index (χ2n) is 5.72. The first-order valence-corrected chi connectivity index (χ1v) is 7.89. The van der Waals surface area contributed by atoms with E-state index in [4.69, 9.17) is 4.74 Å². The number of pyridine rings is 1. The normalized spacial score (nSPS) is 10.5. The van der Waals surface area contributed by atoms with E-state index in [0.717, 1.165) is 10.9 Å². The summed E-state index contributed by atoms with van der Waals surface area (Å²) in [5, 5.41) is 3.80. The Morgan fingerprint density at radius 3 is 2.68 bits per heavy atom. The van der Waals surface area contributed by atoms with Gasteiger partial charge in [-0.1, -0.05) is 18.2 Å². The minimum atomic E-state index is -0.198. The van der Waals surface area contributed by atoms with Gasteiger partial charge in [-0.15, -0.1) is 0 Å². The maximum Gasteiger partial charge on any atom is 0.228 e. The number of rotatable bonds is 5. The van der Waals surface area contributed by atoms with Gasteiger partial charge in [0.2, 0.25) is 5.91 Å². The van der Waals surface area contributed by atoms with Crippen LogP contribution in [-0.2, 0) is 11.2 Å². The molecular weight excluding hydrogens is 316 g/mol. The largest absolute Gasteiger partial charge is 0.496 e. The summed E-state index contributed by atoms with van der Waals surface area (Å²) in [6, 6.07) is 14.7. The van der Waals surface area contributed by atoms with E-state index >= 15 is 0 Å². The van der Waals surface area contributed by atoms with Crippen LogP contribution >= 0.6 is 0 Å². The number of nitrogens with one attached hydrogen (secondary N) is 1. The molecule has 0 aliphatic carbocycles. The van der Waals surface area contributed by atoms with Crippen LogP contribution in [0.5, 0.6) is 5.75 Å². The monoisotopic (exact) mass is 334 g/mol. The SMILES string of the molecule is COc1ccc(C(C)=O)cc1CC(=O)Nc1cnc2ccccc2c1. The lowest BCUT2D eigenvalue weighted by molar-refractivity contribution is -0.115. The van der Waals surface area contributed by atoms with Gasteiger partial charge in [0.15, 0.2) is 5.78 Å². The predicted octanol–water partition coefficient (Wildman–Crippen LogP) is 3.63. The summed E-state index contributed by atoms with van der Waals surface area (Å²) < 4.78 is 5.29. The van der Waals surface area contributed by atoms with E-state index in [0.29, 0.717) is 22.6 Å². The molecule has 3 aromatic rings.